The molecule has 1 aliphatic heterocycles. The van der Waals surface area contributed by atoms with Gasteiger partial charge in [0.15, 0.2) is 0 Å². The maximum atomic E-state index is 3.74. The zero-order valence-corrected chi connectivity index (χ0v) is 11.5. The average molecular weight is 236 g/mol. The Hall–Kier alpha value is -0.340. The molecule has 0 amide bonds. The van der Waals surface area contributed by atoms with Crippen molar-refractivity contribution in [3.8, 4) is 0 Å². The summed E-state index contributed by atoms with van der Waals surface area (Å²) in [6.07, 6.45) is 11.2. The molecule has 0 bridgehead atoms. The third-order valence-corrected chi connectivity index (χ3v) is 4.70. The van der Waals surface area contributed by atoms with Gasteiger partial charge in [0.1, 0.15) is 0 Å². The van der Waals surface area contributed by atoms with Crippen LogP contribution < -0.4 is 5.32 Å². The maximum Gasteiger partial charge on any atom is 0.0304 e. The normalized spacial score (nSPS) is 29.4. The molecular weight excluding hydrogens is 208 g/mol. The number of allylic oxidation sites excluding steroid dienone is 2. The van der Waals surface area contributed by atoms with Gasteiger partial charge in [0.2, 0.25) is 0 Å². The summed E-state index contributed by atoms with van der Waals surface area (Å²) in [7, 11) is 0. The van der Waals surface area contributed by atoms with Crippen molar-refractivity contribution < 1.29 is 0 Å². The van der Waals surface area contributed by atoms with Crippen LogP contribution in [0.5, 0.6) is 0 Å². The van der Waals surface area contributed by atoms with Crippen molar-refractivity contribution in [2.24, 2.45) is 5.92 Å². The van der Waals surface area contributed by atoms with Gasteiger partial charge in [0.25, 0.3) is 0 Å². The lowest BCUT2D eigenvalue weighted by Gasteiger charge is -2.44. The predicted octanol–water partition coefficient (Wildman–Crippen LogP) is 2.81. The van der Waals surface area contributed by atoms with Crippen LogP contribution >= 0.6 is 0 Å². The number of nitrogens with one attached hydrogen (secondary N) is 1. The van der Waals surface area contributed by atoms with Crippen molar-refractivity contribution in [3.05, 3.63) is 12.2 Å². The van der Waals surface area contributed by atoms with E-state index in [1.807, 2.05) is 0 Å². The highest BCUT2D eigenvalue weighted by atomic mass is 15.2. The second kappa shape index (κ2) is 6.01. The Morgan fingerprint density at radius 3 is 2.76 bits per heavy atom. The molecule has 0 aromatic heterocycles. The van der Waals surface area contributed by atoms with Crippen molar-refractivity contribution in [3.63, 3.8) is 0 Å². The first-order valence-electron chi connectivity index (χ1n) is 7.40. The molecule has 1 N–H and O–H groups in total. The van der Waals surface area contributed by atoms with Crippen molar-refractivity contribution in [2.75, 3.05) is 26.2 Å². The fourth-order valence-corrected chi connectivity index (χ4v) is 3.31. The molecule has 1 heterocycles. The van der Waals surface area contributed by atoms with Gasteiger partial charge in [0.05, 0.1) is 0 Å². The van der Waals surface area contributed by atoms with Crippen LogP contribution in [0, 0.1) is 5.92 Å². The fourth-order valence-electron chi connectivity index (χ4n) is 3.31. The number of rotatable bonds is 4. The first-order chi connectivity index (χ1) is 8.28. The first-order valence-corrected chi connectivity index (χ1v) is 7.40. The van der Waals surface area contributed by atoms with Crippen molar-refractivity contribution in [2.45, 2.75) is 51.5 Å². The Morgan fingerprint density at radius 2 is 2.12 bits per heavy atom. The molecule has 2 rings (SSSR count). The molecule has 2 heteroatoms. The van der Waals surface area contributed by atoms with Crippen LogP contribution in [0.3, 0.4) is 0 Å². The minimum absolute atomic E-state index is 0.392. The van der Waals surface area contributed by atoms with Gasteiger partial charge >= 0.3 is 0 Å². The van der Waals surface area contributed by atoms with Crippen molar-refractivity contribution >= 4 is 0 Å². The predicted molar refractivity (Wildman–Crippen MR) is 74.2 cm³/mol. The van der Waals surface area contributed by atoms with Crippen LogP contribution in [0.25, 0.3) is 0 Å². The number of nitrogens with zero attached hydrogens (tertiary/aromatic N) is 1. The summed E-state index contributed by atoms with van der Waals surface area (Å²) in [5.74, 6) is 0.907. The Balaban J connectivity index is 1.86. The zero-order valence-electron chi connectivity index (χ0n) is 11.5. The highest BCUT2D eigenvalue weighted by Gasteiger charge is 2.32. The molecule has 1 atom stereocenters. The molecule has 1 saturated heterocycles. The Bertz CT molecular complexity index is 256. The van der Waals surface area contributed by atoms with Crippen molar-refractivity contribution in [1.29, 1.82) is 0 Å². The molecule has 0 spiro atoms. The van der Waals surface area contributed by atoms with E-state index >= 15 is 0 Å². The number of hydrogen-bond acceptors (Lipinski definition) is 2. The molecule has 0 aromatic rings. The third kappa shape index (κ3) is 3.32. The molecular formula is C15H28N2. The van der Waals surface area contributed by atoms with Crippen LogP contribution in [-0.2, 0) is 0 Å². The fraction of sp³-hybridized carbons (Fsp3) is 0.867. The van der Waals surface area contributed by atoms with Crippen LogP contribution in [0.4, 0.5) is 0 Å². The molecule has 98 valence electrons. The smallest absolute Gasteiger partial charge is 0.0304 e. The van der Waals surface area contributed by atoms with E-state index in [2.05, 4.69) is 36.2 Å². The molecule has 2 aliphatic rings. The lowest BCUT2D eigenvalue weighted by molar-refractivity contribution is 0.106. The quantitative estimate of drug-likeness (QED) is 0.755. The lowest BCUT2D eigenvalue weighted by Crippen LogP contribution is -2.60. The Labute approximate surface area is 106 Å². The SMILES string of the molecule is CCC1(CC)CN(CC2CC=CCC2)CCN1. The number of hydrogen-bond donors (Lipinski definition) is 1. The third-order valence-electron chi connectivity index (χ3n) is 4.70. The summed E-state index contributed by atoms with van der Waals surface area (Å²) >= 11 is 0. The van der Waals surface area contributed by atoms with Gasteiger partial charge in [-0.1, -0.05) is 26.0 Å². The molecule has 0 saturated carbocycles. The van der Waals surface area contributed by atoms with Gasteiger partial charge in [-0.2, -0.15) is 0 Å². The highest BCUT2D eigenvalue weighted by molar-refractivity contribution is 4.95. The van der Waals surface area contributed by atoms with E-state index in [1.54, 1.807) is 0 Å². The molecule has 1 aliphatic carbocycles. The van der Waals surface area contributed by atoms with Crippen LogP contribution in [-0.4, -0.2) is 36.6 Å². The lowest BCUT2D eigenvalue weighted by atomic mass is 9.88. The molecule has 17 heavy (non-hydrogen) atoms. The zero-order chi connectivity index (χ0) is 12.1. The summed E-state index contributed by atoms with van der Waals surface area (Å²) in [6.45, 7) is 9.62. The van der Waals surface area contributed by atoms with E-state index in [9.17, 15) is 0 Å². The van der Waals surface area contributed by atoms with Gasteiger partial charge in [-0.25, -0.2) is 0 Å². The van der Waals surface area contributed by atoms with Crippen LogP contribution in [0.1, 0.15) is 46.0 Å². The van der Waals surface area contributed by atoms with E-state index in [0.717, 1.165) is 5.92 Å². The summed E-state index contributed by atoms with van der Waals surface area (Å²) < 4.78 is 0. The van der Waals surface area contributed by atoms with E-state index in [0.29, 0.717) is 5.54 Å². The van der Waals surface area contributed by atoms with Gasteiger partial charge in [-0.05, 0) is 38.0 Å². The molecule has 0 aromatic carbocycles. The van der Waals surface area contributed by atoms with Gasteiger partial charge < -0.3 is 5.32 Å². The standard InChI is InChI=1S/C15H28N2/c1-3-15(4-2)13-17(11-10-16-15)12-14-8-6-5-7-9-14/h5-6,14,16H,3-4,7-13H2,1-2H3. The molecule has 0 radical (unpaired) electrons. The minimum Gasteiger partial charge on any atom is -0.309 e. The number of piperazine rings is 1. The summed E-state index contributed by atoms with van der Waals surface area (Å²) in [5.41, 5.74) is 0.392. The Kier molecular flexibility index (Phi) is 4.63. The van der Waals surface area contributed by atoms with Gasteiger partial charge in [-0.3, -0.25) is 4.90 Å². The van der Waals surface area contributed by atoms with Gasteiger partial charge in [0, 0.05) is 31.7 Å². The molecule has 1 unspecified atom stereocenters. The second-order valence-corrected chi connectivity index (χ2v) is 5.80. The van der Waals surface area contributed by atoms with Crippen LogP contribution in [0.2, 0.25) is 0 Å². The van der Waals surface area contributed by atoms with Crippen molar-refractivity contribution in [1.82, 2.24) is 10.2 Å². The average Bonchev–Trinajstić information content (AvgIpc) is 2.40. The summed E-state index contributed by atoms with van der Waals surface area (Å²) in [5, 5.41) is 3.74. The monoisotopic (exact) mass is 236 g/mol. The van der Waals surface area contributed by atoms with Crippen LogP contribution in [0.15, 0.2) is 12.2 Å². The van der Waals surface area contributed by atoms with E-state index in [1.165, 1.54) is 58.3 Å². The molecule has 1 fully saturated rings. The van der Waals surface area contributed by atoms with E-state index < -0.39 is 0 Å². The second-order valence-electron chi connectivity index (χ2n) is 5.80. The highest BCUT2D eigenvalue weighted by Crippen LogP contribution is 2.24. The summed E-state index contributed by atoms with van der Waals surface area (Å²) in [6, 6.07) is 0. The van der Waals surface area contributed by atoms with E-state index in [-0.39, 0.29) is 0 Å². The van der Waals surface area contributed by atoms with E-state index in [4.69, 9.17) is 0 Å². The summed E-state index contributed by atoms with van der Waals surface area (Å²) in [4.78, 5) is 2.70. The maximum absolute atomic E-state index is 3.74. The molecule has 2 nitrogen and oxygen atoms in total. The Morgan fingerprint density at radius 1 is 1.29 bits per heavy atom. The minimum atomic E-state index is 0.392. The largest absolute Gasteiger partial charge is 0.309 e. The van der Waals surface area contributed by atoms with Gasteiger partial charge in [-0.15, -0.1) is 0 Å². The topological polar surface area (TPSA) is 15.3 Å². The first kappa shape index (κ1) is 13.1.